The predicted molar refractivity (Wildman–Crippen MR) is 72.0 cm³/mol. The van der Waals surface area contributed by atoms with Gasteiger partial charge >= 0.3 is 0 Å². The molecule has 0 heterocycles. The fourth-order valence-corrected chi connectivity index (χ4v) is 2.65. The standard InChI is InChI=1S/C13H25NOS/c1-10-6-5-7-11(2)13(10)9-14-8-12(3)16(4)15/h6,11-14H,5,7-9H2,1-4H3/t11-,12-,13+,16+/m0/s1. The highest BCUT2D eigenvalue weighted by molar-refractivity contribution is 7.84. The average molecular weight is 243 g/mol. The van der Waals surface area contributed by atoms with E-state index >= 15 is 0 Å². The van der Waals surface area contributed by atoms with E-state index in [1.165, 1.54) is 18.4 Å². The monoisotopic (exact) mass is 243 g/mol. The van der Waals surface area contributed by atoms with Gasteiger partial charge in [-0.2, -0.15) is 0 Å². The Balaban J connectivity index is 2.34. The average Bonchev–Trinajstić information content (AvgIpc) is 2.22. The van der Waals surface area contributed by atoms with E-state index in [1.54, 1.807) is 6.26 Å². The summed E-state index contributed by atoms with van der Waals surface area (Å²) in [4.78, 5) is 0. The van der Waals surface area contributed by atoms with Crippen molar-refractivity contribution in [2.45, 2.75) is 38.9 Å². The summed E-state index contributed by atoms with van der Waals surface area (Å²) in [5.41, 5.74) is 1.52. The topological polar surface area (TPSA) is 29.1 Å². The van der Waals surface area contributed by atoms with Gasteiger partial charge in [0, 0.05) is 35.4 Å². The summed E-state index contributed by atoms with van der Waals surface area (Å²) >= 11 is 0. The van der Waals surface area contributed by atoms with Crippen molar-refractivity contribution in [3.63, 3.8) is 0 Å². The molecule has 1 N–H and O–H groups in total. The Morgan fingerprint density at radius 2 is 2.31 bits per heavy atom. The van der Waals surface area contributed by atoms with Crippen LogP contribution in [0.4, 0.5) is 0 Å². The molecular formula is C13H25NOS. The minimum atomic E-state index is -0.711. The van der Waals surface area contributed by atoms with E-state index in [2.05, 4.69) is 25.2 Å². The molecule has 94 valence electrons. The third-order valence-corrected chi connectivity index (χ3v) is 5.02. The third-order valence-electron chi connectivity index (χ3n) is 3.72. The molecule has 0 radical (unpaired) electrons. The summed E-state index contributed by atoms with van der Waals surface area (Å²) in [6.07, 6.45) is 6.69. The van der Waals surface area contributed by atoms with Gasteiger partial charge in [0.1, 0.15) is 0 Å². The van der Waals surface area contributed by atoms with Gasteiger partial charge in [0.05, 0.1) is 0 Å². The van der Waals surface area contributed by atoms with Crippen molar-refractivity contribution in [3.8, 4) is 0 Å². The van der Waals surface area contributed by atoms with Crippen LogP contribution in [0.3, 0.4) is 0 Å². The molecular weight excluding hydrogens is 218 g/mol. The molecule has 0 unspecified atom stereocenters. The van der Waals surface area contributed by atoms with Crippen molar-refractivity contribution in [2.75, 3.05) is 19.3 Å². The van der Waals surface area contributed by atoms with E-state index in [1.807, 2.05) is 6.92 Å². The molecule has 4 atom stereocenters. The predicted octanol–water partition coefficient (Wildman–Crippen LogP) is 2.34. The zero-order valence-corrected chi connectivity index (χ0v) is 11.8. The van der Waals surface area contributed by atoms with Crippen LogP contribution >= 0.6 is 0 Å². The fraction of sp³-hybridized carbons (Fsp3) is 0.846. The van der Waals surface area contributed by atoms with E-state index in [0.29, 0.717) is 5.92 Å². The molecule has 0 saturated heterocycles. The van der Waals surface area contributed by atoms with Crippen molar-refractivity contribution < 1.29 is 4.21 Å². The van der Waals surface area contributed by atoms with Gasteiger partial charge in [-0.15, -0.1) is 0 Å². The minimum Gasteiger partial charge on any atom is -0.315 e. The van der Waals surface area contributed by atoms with E-state index in [4.69, 9.17) is 0 Å². The van der Waals surface area contributed by atoms with Crippen LogP contribution in [0.2, 0.25) is 0 Å². The zero-order chi connectivity index (χ0) is 12.1. The molecule has 1 aliphatic carbocycles. The van der Waals surface area contributed by atoms with E-state index in [0.717, 1.165) is 19.0 Å². The van der Waals surface area contributed by atoms with Gasteiger partial charge in [-0.25, -0.2) is 0 Å². The first-order chi connectivity index (χ1) is 7.52. The normalized spacial score (nSPS) is 29.6. The van der Waals surface area contributed by atoms with Gasteiger partial charge in [-0.05, 0) is 38.5 Å². The van der Waals surface area contributed by atoms with Crippen molar-refractivity contribution in [3.05, 3.63) is 11.6 Å². The lowest BCUT2D eigenvalue weighted by molar-refractivity contribution is 0.351. The second kappa shape index (κ2) is 6.55. The molecule has 2 nitrogen and oxygen atoms in total. The van der Waals surface area contributed by atoms with Gasteiger partial charge in [-0.3, -0.25) is 4.21 Å². The molecule has 0 saturated carbocycles. The highest BCUT2D eigenvalue weighted by Gasteiger charge is 2.21. The molecule has 0 aromatic carbocycles. The Morgan fingerprint density at radius 1 is 1.62 bits per heavy atom. The highest BCUT2D eigenvalue weighted by atomic mass is 32.2. The molecule has 0 amide bonds. The quantitative estimate of drug-likeness (QED) is 0.751. The van der Waals surface area contributed by atoms with Crippen LogP contribution in [0.5, 0.6) is 0 Å². The van der Waals surface area contributed by atoms with E-state index < -0.39 is 10.8 Å². The van der Waals surface area contributed by atoms with Crippen LogP contribution in [0.25, 0.3) is 0 Å². The van der Waals surface area contributed by atoms with Crippen molar-refractivity contribution >= 4 is 10.8 Å². The maximum Gasteiger partial charge on any atom is 0.0441 e. The molecule has 0 bridgehead atoms. The van der Waals surface area contributed by atoms with Crippen molar-refractivity contribution in [1.29, 1.82) is 0 Å². The van der Waals surface area contributed by atoms with Gasteiger partial charge in [0.15, 0.2) is 0 Å². The van der Waals surface area contributed by atoms with Crippen LogP contribution in [0.1, 0.15) is 33.6 Å². The second-order valence-corrected chi connectivity index (χ2v) is 6.88. The summed E-state index contributed by atoms with van der Waals surface area (Å²) in [7, 11) is -0.711. The van der Waals surface area contributed by atoms with Crippen molar-refractivity contribution in [2.24, 2.45) is 11.8 Å². The van der Waals surface area contributed by atoms with Gasteiger partial charge in [0.25, 0.3) is 0 Å². The minimum absolute atomic E-state index is 0.253. The summed E-state index contributed by atoms with van der Waals surface area (Å²) in [6.45, 7) is 8.51. The number of hydrogen-bond acceptors (Lipinski definition) is 2. The van der Waals surface area contributed by atoms with Gasteiger partial charge in [0.2, 0.25) is 0 Å². The Labute approximate surface area is 102 Å². The Kier molecular flexibility index (Phi) is 5.70. The Hall–Kier alpha value is -0.150. The summed E-state index contributed by atoms with van der Waals surface area (Å²) < 4.78 is 11.2. The first-order valence-electron chi connectivity index (χ1n) is 6.22. The molecule has 0 fully saturated rings. The summed E-state index contributed by atoms with van der Waals surface area (Å²) in [5.74, 6) is 1.45. The first kappa shape index (κ1) is 13.9. The first-order valence-corrected chi connectivity index (χ1v) is 7.84. The lowest BCUT2D eigenvalue weighted by atomic mass is 9.80. The molecule has 0 spiro atoms. The largest absolute Gasteiger partial charge is 0.315 e. The van der Waals surface area contributed by atoms with E-state index in [-0.39, 0.29) is 5.25 Å². The van der Waals surface area contributed by atoms with Crippen LogP contribution in [0, 0.1) is 11.8 Å². The van der Waals surface area contributed by atoms with E-state index in [9.17, 15) is 4.21 Å². The maximum atomic E-state index is 11.2. The molecule has 16 heavy (non-hydrogen) atoms. The molecule has 0 aromatic rings. The van der Waals surface area contributed by atoms with Crippen LogP contribution in [-0.4, -0.2) is 28.8 Å². The van der Waals surface area contributed by atoms with Crippen LogP contribution in [0.15, 0.2) is 11.6 Å². The SMILES string of the molecule is CC1=CCC[C@H](C)[C@@H]1CNC[C@H](C)[S@@](C)=O. The molecule has 1 aliphatic rings. The highest BCUT2D eigenvalue weighted by Crippen LogP contribution is 2.29. The lowest BCUT2D eigenvalue weighted by Gasteiger charge is -2.29. The maximum absolute atomic E-state index is 11.2. The number of rotatable bonds is 5. The molecule has 3 heteroatoms. The number of allylic oxidation sites excluding steroid dienone is 1. The van der Waals surface area contributed by atoms with Crippen molar-refractivity contribution in [1.82, 2.24) is 5.32 Å². The van der Waals surface area contributed by atoms with Crippen LogP contribution < -0.4 is 5.32 Å². The molecule has 1 rings (SSSR count). The second-order valence-electron chi connectivity index (χ2n) is 5.08. The summed E-state index contributed by atoms with van der Waals surface area (Å²) in [5, 5.41) is 3.72. The number of hydrogen-bond donors (Lipinski definition) is 1. The Bertz CT molecular complexity index is 275. The van der Waals surface area contributed by atoms with Gasteiger partial charge < -0.3 is 5.32 Å². The molecule has 0 aliphatic heterocycles. The number of nitrogens with one attached hydrogen (secondary N) is 1. The third kappa shape index (κ3) is 4.02. The Morgan fingerprint density at radius 3 is 2.88 bits per heavy atom. The lowest BCUT2D eigenvalue weighted by Crippen LogP contribution is -2.34. The molecule has 0 aromatic heterocycles. The fourth-order valence-electron chi connectivity index (χ4n) is 2.30. The smallest absolute Gasteiger partial charge is 0.0441 e. The zero-order valence-electron chi connectivity index (χ0n) is 11.0. The van der Waals surface area contributed by atoms with Gasteiger partial charge in [-0.1, -0.05) is 18.6 Å². The van der Waals surface area contributed by atoms with Crippen LogP contribution in [-0.2, 0) is 10.8 Å². The summed E-state index contributed by atoms with van der Waals surface area (Å²) in [6, 6.07) is 0.